The van der Waals surface area contributed by atoms with Crippen molar-refractivity contribution in [2.24, 2.45) is 0 Å². The molecular weight excluding hydrogens is 432 g/mol. The van der Waals surface area contributed by atoms with E-state index in [0.29, 0.717) is 33.4 Å². The van der Waals surface area contributed by atoms with E-state index in [4.69, 9.17) is 17.0 Å². The molecule has 1 aliphatic carbocycles. The summed E-state index contributed by atoms with van der Waals surface area (Å²) in [7, 11) is -3.52. The third kappa shape index (κ3) is 3.25. The average Bonchev–Trinajstić information content (AvgIpc) is 2.94. The second-order valence-corrected chi connectivity index (χ2v) is 11.6. The van der Waals surface area contributed by atoms with Gasteiger partial charge in [-0.15, -0.1) is 11.3 Å². The molecule has 0 bridgehead atoms. The first-order valence-corrected chi connectivity index (χ1v) is 12.1. The number of nitrogens with one attached hydrogen (secondary N) is 3. The normalized spacial score (nSPS) is 24.6. The van der Waals surface area contributed by atoms with E-state index in [0.717, 1.165) is 23.5 Å². The largest absolute Gasteiger partial charge is 0.362 e. The molecule has 2 aliphatic rings. The highest BCUT2D eigenvalue weighted by atomic mass is 35.5. The van der Waals surface area contributed by atoms with Crippen LogP contribution in [0.3, 0.4) is 0 Å². The standard InChI is InChI=1S/C19H21ClN4O3S2/c1-11-5-3-6-14(22-11)23-16(25)13-9-12(20)15(28-13)18(2)10-29(26,27)19(7-4-8-19)17(21)24-18/h3,5-6,9H,4,7-8,10H2,1-2H3,(H2,21,24)(H,22,23,25)/t18-/m0/s1. The fourth-order valence-corrected chi connectivity index (χ4v) is 8.09. The summed E-state index contributed by atoms with van der Waals surface area (Å²) in [5, 5.41) is 14.5. The van der Waals surface area contributed by atoms with E-state index in [-0.39, 0.29) is 17.5 Å². The Hall–Kier alpha value is -1.97. The second kappa shape index (κ2) is 6.78. The second-order valence-electron chi connectivity index (χ2n) is 7.85. The molecule has 1 spiro atoms. The summed E-state index contributed by atoms with van der Waals surface area (Å²) in [6.07, 6.45) is 1.76. The van der Waals surface area contributed by atoms with Gasteiger partial charge in [-0.3, -0.25) is 10.2 Å². The number of carbonyl (C=O) groups excluding carboxylic acids is 1. The summed E-state index contributed by atoms with van der Waals surface area (Å²) < 4.78 is 24.9. The maximum absolute atomic E-state index is 13.0. The Labute approximate surface area is 178 Å². The Morgan fingerprint density at radius 1 is 1.38 bits per heavy atom. The van der Waals surface area contributed by atoms with Crippen LogP contribution in [0.2, 0.25) is 5.02 Å². The van der Waals surface area contributed by atoms with Gasteiger partial charge in [-0.1, -0.05) is 17.7 Å². The molecule has 1 atom stereocenters. The molecule has 154 valence electrons. The lowest BCUT2D eigenvalue weighted by Gasteiger charge is -2.50. The molecule has 10 heteroatoms. The van der Waals surface area contributed by atoms with Gasteiger partial charge in [0.2, 0.25) is 0 Å². The first-order chi connectivity index (χ1) is 13.6. The summed E-state index contributed by atoms with van der Waals surface area (Å²) >= 11 is 7.54. The van der Waals surface area contributed by atoms with Gasteiger partial charge >= 0.3 is 0 Å². The van der Waals surface area contributed by atoms with Crippen LogP contribution in [0.1, 0.15) is 46.4 Å². The average molecular weight is 453 g/mol. The van der Waals surface area contributed by atoms with Crippen LogP contribution in [-0.2, 0) is 15.4 Å². The molecule has 0 unspecified atom stereocenters. The number of carbonyl (C=O) groups is 1. The Morgan fingerprint density at radius 2 is 2.10 bits per heavy atom. The van der Waals surface area contributed by atoms with Crippen molar-refractivity contribution >= 4 is 50.3 Å². The van der Waals surface area contributed by atoms with Gasteiger partial charge in [0.15, 0.2) is 9.84 Å². The number of amidine groups is 1. The van der Waals surface area contributed by atoms with Crippen LogP contribution in [0.5, 0.6) is 0 Å². The molecule has 0 radical (unpaired) electrons. The quantitative estimate of drug-likeness (QED) is 0.659. The van der Waals surface area contributed by atoms with Crippen molar-refractivity contribution in [2.75, 3.05) is 11.1 Å². The maximum Gasteiger partial charge on any atom is 0.266 e. The summed E-state index contributed by atoms with van der Waals surface area (Å²) in [6, 6.07) is 6.85. The first-order valence-electron chi connectivity index (χ1n) is 9.21. The Kier molecular flexibility index (Phi) is 4.75. The highest BCUT2D eigenvalue weighted by molar-refractivity contribution is 7.93. The van der Waals surface area contributed by atoms with Crippen molar-refractivity contribution in [3.63, 3.8) is 0 Å². The lowest BCUT2D eigenvalue weighted by Crippen LogP contribution is -2.68. The van der Waals surface area contributed by atoms with E-state index in [1.807, 2.05) is 13.0 Å². The molecule has 3 N–H and O–H groups in total. The number of hydrogen-bond donors (Lipinski definition) is 3. The number of hydrogen-bond acceptors (Lipinski definition) is 6. The topological polar surface area (TPSA) is 112 Å². The monoisotopic (exact) mass is 452 g/mol. The van der Waals surface area contributed by atoms with Crippen LogP contribution in [0.15, 0.2) is 24.3 Å². The summed E-state index contributed by atoms with van der Waals surface area (Å²) in [6.45, 7) is 3.54. The van der Waals surface area contributed by atoms with Gasteiger partial charge in [-0.05, 0) is 51.3 Å². The lowest BCUT2D eigenvalue weighted by atomic mass is 9.82. The van der Waals surface area contributed by atoms with Crippen LogP contribution >= 0.6 is 22.9 Å². The Bertz CT molecular complexity index is 1120. The fourth-order valence-electron chi connectivity index (χ4n) is 3.93. The van der Waals surface area contributed by atoms with E-state index in [1.54, 1.807) is 19.1 Å². The number of sulfone groups is 1. The summed E-state index contributed by atoms with van der Waals surface area (Å²) in [5.41, 5.74) is -0.279. The zero-order valence-corrected chi connectivity index (χ0v) is 18.4. The highest BCUT2D eigenvalue weighted by Gasteiger charge is 2.59. The predicted octanol–water partition coefficient (Wildman–Crippen LogP) is 3.49. The fraction of sp³-hybridized carbons (Fsp3) is 0.421. The summed E-state index contributed by atoms with van der Waals surface area (Å²) in [4.78, 5) is 17.8. The van der Waals surface area contributed by atoms with Crippen LogP contribution < -0.4 is 10.6 Å². The van der Waals surface area contributed by atoms with E-state index in [2.05, 4.69) is 15.6 Å². The van der Waals surface area contributed by atoms with Gasteiger partial charge in [-0.2, -0.15) is 0 Å². The number of amides is 1. The van der Waals surface area contributed by atoms with Gasteiger partial charge < -0.3 is 10.6 Å². The van der Waals surface area contributed by atoms with Crippen LogP contribution in [0.4, 0.5) is 5.82 Å². The third-order valence-corrected chi connectivity index (χ3v) is 10.2. The Morgan fingerprint density at radius 3 is 2.69 bits per heavy atom. The van der Waals surface area contributed by atoms with E-state index in [9.17, 15) is 13.2 Å². The molecular formula is C19H21ClN4O3S2. The minimum atomic E-state index is -3.52. The van der Waals surface area contributed by atoms with Gasteiger partial charge in [0.1, 0.15) is 16.4 Å². The molecule has 4 rings (SSSR count). The van der Waals surface area contributed by atoms with Crippen LogP contribution in [0, 0.1) is 12.3 Å². The van der Waals surface area contributed by atoms with Gasteiger partial charge in [0.25, 0.3) is 5.91 Å². The summed E-state index contributed by atoms with van der Waals surface area (Å²) in [5.74, 6) is -0.0753. The number of rotatable bonds is 3. The molecule has 1 aliphatic heterocycles. The molecule has 1 saturated heterocycles. The van der Waals surface area contributed by atoms with Crippen molar-refractivity contribution in [1.82, 2.24) is 10.3 Å². The molecule has 29 heavy (non-hydrogen) atoms. The number of anilines is 1. The lowest BCUT2D eigenvalue weighted by molar-refractivity contribution is 0.103. The number of halogens is 1. The number of thiophene rings is 1. The van der Waals surface area contributed by atoms with Crippen LogP contribution in [-0.4, -0.2) is 35.6 Å². The Balaban J connectivity index is 1.62. The molecule has 2 aromatic heterocycles. The molecule has 7 nitrogen and oxygen atoms in total. The minimum Gasteiger partial charge on any atom is -0.362 e. The molecule has 2 aromatic rings. The van der Waals surface area contributed by atoms with Crippen molar-refractivity contribution in [3.8, 4) is 0 Å². The molecule has 3 heterocycles. The minimum absolute atomic E-state index is 0.0249. The van der Waals surface area contributed by atoms with E-state index in [1.165, 1.54) is 6.07 Å². The van der Waals surface area contributed by atoms with Crippen molar-refractivity contribution in [1.29, 1.82) is 5.41 Å². The van der Waals surface area contributed by atoms with Gasteiger partial charge in [0, 0.05) is 5.69 Å². The predicted molar refractivity (Wildman–Crippen MR) is 115 cm³/mol. The maximum atomic E-state index is 13.0. The highest BCUT2D eigenvalue weighted by Crippen LogP contribution is 2.48. The van der Waals surface area contributed by atoms with Crippen molar-refractivity contribution in [3.05, 3.63) is 44.7 Å². The van der Waals surface area contributed by atoms with Gasteiger partial charge in [-0.25, -0.2) is 13.4 Å². The third-order valence-electron chi connectivity index (χ3n) is 5.63. The van der Waals surface area contributed by atoms with Crippen LogP contribution in [0.25, 0.3) is 0 Å². The number of nitrogens with zero attached hydrogens (tertiary/aromatic N) is 1. The molecule has 1 saturated carbocycles. The SMILES string of the molecule is Cc1cccc(NC(=O)c2cc(Cl)c([C@]3(C)CS(=O)(=O)C4(CCC4)C(=N)N3)s2)n1. The zero-order valence-electron chi connectivity index (χ0n) is 16.0. The van der Waals surface area contributed by atoms with E-state index < -0.39 is 20.1 Å². The molecule has 1 amide bonds. The first kappa shape index (κ1) is 20.3. The van der Waals surface area contributed by atoms with E-state index >= 15 is 0 Å². The number of aryl methyl sites for hydroxylation is 1. The smallest absolute Gasteiger partial charge is 0.266 e. The zero-order chi connectivity index (χ0) is 21.0. The molecule has 2 fully saturated rings. The van der Waals surface area contributed by atoms with Gasteiger partial charge in [0.05, 0.1) is 26.1 Å². The number of aromatic nitrogens is 1. The number of pyridine rings is 1. The van der Waals surface area contributed by atoms with Crippen molar-refractivity contribution < 1.29 is 13.2 Å². The molecule has 0 aromatic carbocycles. The van der Waals surface area contributed by atoms with Crippen molar-refractivity contribution in [2.45, 2.75) is 43.4 Å².